The van der Waals surface area contributed by atoms with Crippen molar-refractivity contribution in [1.82, 2.24) is 10.6 Å². The van der Waals surface area contributed by atoms with Gasteiger partial charge < -0.3 is 54.2 Å². The first-order valence-electron chi connectivity index (χ1n) is 7.30. The maximum absolute atomic E-state index is 11.5. The molecule has 6 unspecified atom stereocenters. The van der Waals surface area contributed by atoms with Gasteiger partial charge in [0.1, 0.15) is 24.4 Å². The molecule has 0 bridgehead atoms. The molecule has 0 aliphatic carbocycles. The Morgan fingerprint density at radius 2 is 1.72 bits per heavy atom. The van der Waals surface area contributed by atoms with Gasteiger partial charge in [-0.2, -0.15) is 0 Å². The SMILES string of the molecule is C=C1NC(=O)NC=C1C1OC(COP(=O)([O-])OP(=O)([O-])OP(=O)([O-])[O-])C(O)C1O. The number of nitrogens with one attached hydrogen (secondary N) is 2. The summed E-state index contributed by atoms with van der Waals surface area (Å²) >= 11 is 0. The Bertz CT molecular complexity index is 853. The fourth-order valence-electron chi connectivity index (χ4n) is 2.32. The molecule has 0 saturated carbocycles. The van der Waals surface area contributed by atoms with E-state index in [0.29, 0.717) is 0 Å². The Morgan fingerprint density at radius 3 is 2.28 bits per heavy atom. The van der Waals surface area contributed by atoms with Crippen molar-refractivity contribution in [1.29, 1.82) is 0 Å². The maximum atomic E-state index is 11.5. The van der Waals surface area contributed by atoms with Gasteiger partial charge in [-0.25, -0.2) is 9.11 Å². The number of carbonyl (C=O) groups is 1. The zero-order chi connectivity index (χ0) is 22.2. The number of amides is 2. The van der Waals surface area contributed by atoms with Crippen molar-refractivity contribution in [2.75, 3.05) is 6.61 Å². The van der Waals surface area contributed by atoms with Crippen LogP contribution in [0.3, 0.4) is 0 Å². The molecule has 0 aromatic carbocycles. The summed E-state index contributed by atoms with van der Waals surface area (Å²) in [5, 5.41) is 24.5. The summed E-state index contributed by atoms with van der Waals surface area (Å²) in [4.78, 5) is 54.2. The molecule has 6 atom stereocenters. The van der Waals surface area contributed by atoms with Crippen molar-refractivity contribution < 1.29 is 66.2 Å². The number of urea groups is 1. The lowest BCUT2D eigenvalue weighted by atomic mass is 10.00. The first kappa shape index (κ1) is 24.3. The minimum atomic E-state index is -6.13. The van der Waals surface area contributed by atoms with Gasteiger partial charge in [-0.1, -0.05) is 6.58 Å². The molecule has 2 aliphatic heterocycles. The van der Waals surface area contributed by atoms with Crippen LogP contribution in [-0.4, -0.2) is 47.3 Å². The van der Waals surface area contributed by atoms with Gasteiger partial charge in [0, 0.05) is 17.5 Å². The number of phosphoric acid groups is 3. The van der Waals surface area contributed by atoms with Gasteiger partial charge >= 0.3 is 6.03 Å². The number of aliphatic hydroxyl groups excluding tert-OH is 2. The van der Waals surface area contributed by atoms with Gasteiger partial charge in [-0.05, 0) is 0 Å². The number of aliphatic hydroxyl groups is 2. The van der Waals surface area contributed by atoms with E-state index in [1.165, 1.54) is 0 Å². The quantitative estimate of drug-likeness (QED) is 0.242. The molecule has 0 aromatic heterocycles. The summed E-state index contributed by atoms with van der Waals surface area (Å²) < 4.78 is 48.6. The van der Waals surface area contributed by atoms with Crippen molar-refractivity contribution in [2.45, 2.75) is 24.4 Å². The summed E-state index contributed by atoms with van der Waals surface area (Å²) in [5.74, 6) is 0. The summed E-state index contributed by atoms with van der Waals surface area (Å²) in [6.07, 6.45) is -5.06. The van der Waals surface area contributed by atoms with Gasteiger partial charge in [-0.15, -0.1) is 0 Å². The van der Waals surface area contributed by atoms with Gasteiger partial charge in [0.25, 0.3) is 15.6 Å². The van der Waals surface area contributed by atoms with E-state index < -0.39 is 60.5 Å². The number of hydrogen-bond donors (Lipinski definition) is 4. The Morgan fingerprint density at radius 1 is 1.10 bits per heavy atom. The number of phosphoric ester groups is 1. The second-order valence-corrected chi connectivity index (χ2v) is 9.80. The minimum absolute atomic E-state index is 0.0218. The van der Waals surface area contributed by atoms with Crippen molar-refractivity contribution in [3.63, 3.8) is 0 Å². The number of ether oxygens (including phenoxy) is 1. The van der Waals surface area contributed by atoms with Crippen LogP contribution in [-0.2, 0) is 31.6 Å². The highest BCUT2D eigenvalue weighted by Gasteiger charge is 2.46. The summed E-state index contributed by atoms with van der Waals surface area (Å²) in [7, 11) is -18.1. The van der Waals surface area contributed by atoms with Crippen LogP contribution in [0.4, 0.5) is 4.79 Å². The van der Waals surface area contributed by atoms with Gasteiger partial charge in [0.05, 0.1) is 14.4 Å². The highest BCUT2D eigenvalue weighted by atomic mass is 31.3. The van der Waals surface area contributed by atoms with Gasteiger partial charge in [0.15, 0.2) is 0 Å². The lowest BCUT2D eigenvalue weighted by Gasteiger charge is -2.37. The Hall–Kier alpha value is -0.960. The maximum Gasteiger partial charge on any atom is 0.323 e. The largest absolute Gasteiger partial charge is 0.790 e. The summed E-state index contributed by atoms with van der Waals surface area (Å²) in [5.41, 5.74) is 0.132. The highest BCUT2D eigenvalue weighted by molar-refractivity contribution is 7.64. The Kier molecular flexibility index (Phi) is 7.25. The van der Waals surface area contributed by atoms with E-state index in [1.807, 2.05) is 0 Å². The van der Waals surface area contributed by atoms with E-state index >= 15 is 0 Å². The molecule has 1 saturated heterocycles. The molecule has 0 radical (unpaired) electrons. The van der Waals surface area contributed by atoms with Crippen LogP contribution in [0.5, 0.6) is 0 Å². The first-order valence-corrected chi connectivity index (χ1v) is 11.7. The molecule has 16 nitrogen and oxygen atoms in total. The number of hydrogen-bond acceptors (Lipinski definition) is 14. The molecule has 19 heteroatoms. The zero-order valence-electron chi connectivity index (χ0n) is 13.9. The monoisotopic (exact) mass is 478 g/mol. The van der Waals surface area contributed by atoms with E-state index in [4.69, 9.17) is 4.74 Å². The lowest BCUT2D eigenvalue weighted by molar-refractivity contribution is -0.339. The molecule has 4 N–H and O–H groups in total. The Balaban J connectivity index is 2.01. The third kappa shape index (κ3) is 6.77. The summed E-state index contributed by atoms with van der Waals surface area (Å²) in [6, 6.07) is -0.624. The molecule has 2 aliphatic rings. The molecule has 2 rings (SSSR count). The molecule has 2 amide bonds. The molecule has 29 heavy (non-hydrogen) atoms. The first-order chi connectivity index (χ1) is 13.1. The lowest BCUT2D eigenvalue weighted by Crippen LogP contribution is -2.42. The summed E-state index contributed by atoms with van der Waals surface area (Å²) in [6.45, 7) is 2.44. The second kappa shape index (κ2) is 8.65. The predicted octanol–water partition coefficient (Wildman–Crippen LogP) is -4.00. The third-order valence-corrected chi connectivity index (χ3v) is 7.10. The Labute approximate surface area is 162 Å². The third-order valence-electron chi connectivity index (χ3n) is 3.44. The van der Waals surface area contributed by atoms with Gasteiger partial charge in [-0.3, -0.25) is 13.4 Å². The average Bonchev–Trinajstić information content (AvgIpc) is 2.78. The predicted molar refractivity (Wildman–Crippen MR) is 80.5 cm³/mol. The van der Waals surface area contributed by atoms with Crippen LogP contribution in [0.2, 0.25) is 0 Å². The molecular weight excluding hydrogens is 465 g/mol. The van der Waals surface area contributed by atoms with Crippen LogP contribution in [0.25, 0.3) is 0 Å². The topological polar surface area (TPSA) is 262 Å². The van der Waals surface area contributed by atoms with E-state index in [-0.39, 0.29) is 11.3 Å². The standard InChI is InChI=1S/C10H17N2O14P3/c1-4-5(2-11-10(15)12-4)9-8(14)7(13)6(24-9)3-23-28(19,20)26-29(21,22)25-27(16,17)18/h2,6-9,13-14H,1,3H2,(H,19,20)(H,21,22)(H2,11,12,15)(H2,16,17,18)/p-4. The van der Waals surface area contributed by atoms with Crippen molar-refractivity contribution in [3.05, 3.63) is 24.0 Å². The minimum Gasteiger partial charge on any atom is -0.790 e. The smallest absolute Gasteiger partial charge is 0.323 e. The molecule has 2 heterocycles. The van der Waals surface area contributed by atoms with Gasteiger partial charge in [0.2, 0.25) is 0 Å². The highest BCUT2D eigenvalue weighted by Crippen LogP contribution is 2.60. The molecule has 1 fully saturated rings. The molecule has 0 spiro atoms. The molecular formula is C10H13N2O14P3-4. The van der Waals surface area contributed by atoms with Crippen molar-refractivity contribution >= 4 is 29.5 Å². The van der Waals surface area contributed by atoms with Crippen LogP contribution < -0.4 is 30.2 Å². The average molecular weight is 478 g/mol. The van der Waals surface area contributed by atoms with E-state index in [2.05, 4.69) is 30.4 Å². The van der Waals surface area contributed by atoms with E-state index in [9.17, 15) is 48.3 Å². The van der Waals surface area contributed by atoms with Crippen LogP contribution in [0, 0.1) is 0 Å². The van der Waals surface area contributed by atoms with Crippen LogP contribution in [0.1, 0.15) is 0 Å². The van der Waals surface area contributed by atoms with Crippen LogP contribution in [0.15, 0.2) is 24.0 Å². The van der Waals surface area contributed by atoms with Crippen LogP contribution >= 0.6 is 23.5 Å². The van der Waals surface area contributed by atoms with Crippen molar-refractivity contribution in [2.24, 2.45) is 0 Å². The number of carbonyl (C=O) groups excluding carboxylic acids is 1. The van der Waals surface area contributed by atoms with E-state index in [0.717, 1.165) is 6.20 Å². The zero-order valence-corrected chi connectivity index (χ0v) is 16.6. The van der Waals surface area contributed by atoms with E-state index in [1.54, 1.807) is 0 Å². The fourth-order valence-corrected chi connectivity index (χ4v) is 5.19. The molecule has 0 aromatic rings. The molecule has 166 valence electrons. The second-order valence-electron chi connectivity index (χ2n) is 5.55. The van der Waals surface area contributed by atoms with Crippen molar-refractivity contribution in [3.8, 4) is 0 Å². The number of rotatable bonds is 8. The normalized spacial score (nSPS) is 32.0. The fraction of sp³-hybridized carbons (Fsp3) is 0.500.